The lowest BCUT2D eigenvalue weighted by Crippen LogP contribution is -2.17. The molecule has 0 aliphatic carbocycles. The molecule has 3 rings (SSSR count). The number of imidazole rings is 1. The van der Waals surface area contributed by atoms with Crippen molar-refractivity contribution in [2.75, 3.05) is 19.5 Å². The van der Waals surface area contributed by atoms with Gasteiger partial charge in [-0.25, -0.2) is 4.98 Å². The standard InChI is InChI=1S/C19H20N4O5/c1-4-9-22-14-8-6-5-7-13(14)20-19(22)21-18(24)12-10-16(27-2)17(28-3)11-15(12)23(25)26/h5-8,10-11H,4,9H2,1-3H3,(H,20,21,24). The molecule has 0 aliphatic rings. The zero-order chi connectivity index (χ0) is 20.3. The predicted octanol–water partition coefficient (Wildman–Crippen LogP) is 3.62. The number of aromatic nitrogens is 2. The van der Waals surface area contributed by atoms with E-state index in [1.807, 2.05) is 35.8 Å². The van der Waals surface area contributed by atoms with Crippen molar-refractivity contribution in [1.29, 1.82) is 0 Å². The third kappa shape index (κ3) is 3.46. The van der Waals surface area contributed by atoms with Gasteiger partial charge in [0.1, 0.15) is 5.56 Å². The molecule has 28 heavy (non-hydrogen) atoms. The monoisotopic (exact) mass is 384 g/mol. The highest BCUT2D eigenvalue weighted by atomic mass is 16.6. The maximum Gasteiger partial charge on any atom is 0.286 e. The molecule has 0 unspecified atom stereocenters. The first-order valence-electron chi connectivity index (χ1n) is 8.67. The van der Waals surface area contributed by atoms with Gasteiger partial charge >= 0.3 is 0 Å². The van der Waals surface area contributed by atoms with Crippen LogP contribution < -0.4 is 14.8 Å². The van der Waals surface area contributed by atoms with Crippen LogP contribution in [0.15, 0.2) is 36.4 Å². The van der Waals surface area contributed by atoms with Gasteiger partial charge in [-0.3, -0.25) is 20.2 Å². The van der Waals surface area contributed by atoms with Gasteiger partial charge in [0.25, 0.3) is 11.6 Å². The maximum atomic E-state index is 12.9. The minimum atomic E-state index is -0.652. The van der Waals surface area contributed by atoms with E-state index in [0.29, 0.717) is 12.5 Å². The van der Waals surface area contributed by atoms with E-state index in [-0.39, 0.29) is 22.7 Å². The van der Waals surface area contributed by atoms with Gasteiger partial charge in [-0.15, -0.1) is 0 Å². The van der Waals surface area contributed by atoms with Crippen molar-refractivity contribution in [2.24, 2.45) is 0 Å². The average Bonchev–Trinajstić information content (AvgIpc) is 3.04. The van der Waals surface area contributed by atoms with Crippen LogP contribution in [0.25, 0.3) is 11.0 Å². The molecular formula is C19H20N4O5. The minimum Gasteiger partial charge on any atom is -0.493 e. The highest BCUT2D eigenvalue weighted by Crippen LogP contribution is 2.35. The van der Waals surface area contributed by atoms with E-state index < -0.39 is 10.8 Å². The first-order chi connectivity index (χ1) is 13.5. The lowest BCUT2D eigenvalue weighted by atomic mass is 10.1. The Hall–Kier alpha value is -3.62. The summed E-state index contributed by atoms with van der Waals surface area (Å²) in [6.07, 6.45) is 0.833. The number of amides is 1. The van der Waals surface area contributed by atoms with Crippen molar-refractivity contribution < 1.29 is 19.2 Å². The summed E-state index contributed by atoms with van der Waals surface area (Å²) in [6.45, 7) is 2.66. The zero-order valence-electron chi connectivity index (χ0n) is 15.8. The van der Waals surface area contributed by atoms with E-state index in [1.54, 1.807) is 0 Å². The molecule has 146 valence electrons. The van der Waals surface area contributed by atoms with Gasteiger partial charge < -0.3 is 14.0 Å². The summed E-state index contributed by atoms with van der Waals surface area (Å²) >= 11 is 0. The number of carbonyl (C=O) groups excluding carboxylic acids is 1. The van der Waals surface area contributed by atoms with Gasteiger partial charge in [0.15, 0.2) is 11.5 Å². The van der Waals surface area contributed by atoms with Gasteiger partial charge in [-0.05, 0) is 18.6 Å². The Morgan fingerprint density at radius 3 is 2.54 bits per heavy atom. The number of nitrogens with one attached hydrogen (secondary N) is 1. The van der Waals surface area contributed by atoms with Crippen molar-refractivity contribution in [3.05, 3.63) is 52.1 Å². The van der Waals surface area contributed by atoms with Crippen LogP contribution in [0.3, 0.4) is 0 Å². The third-order valence-electron chi connectivity index (χ3n) is 4.27. The topological polar surface area (TPSA) is 109 Å². The fraction of sp³-hybridized carbons (Fsp3) is 0.263. The molecule has 3 aromatic rings. The molecule has 9 heteroatoms. The summed E-state index contributed by atoms with van der Waals surface area (Å²) in [4.78, 5) is 28.2. The summed E-state index contributed by atoms with van der Waals surface area (Å²) in [5.74, 6) is 0.0710. The van der Waals surface area contributed by atoms with Crippen LogP contribution in [0.1, 0.15) is 23.7 Å². The molecule has 0 saturated carbocycles. The molecule has 0 radical (unpaired) electrons. The molecule has 9 nitrogen and oxygen atoms in total. The van der Waals surface area contributed by atoms with E-state index in [0.717, 1.165) is 17.5 Å². The number of aryl methyl sites for hydroxylation is 1. The second-order valence-corrected chi connectivity index (χ2v) is 6.01. The van der Waals surface area contributed by atoms with Crippen molar-refractivity contribution in [1.82, 2.24) is 9.55 Å². The van der Waals surface area contributed by atoms with Crippen molar-refractivity contribution in [2.45, 2.75) is 19.9 Å². The Morgan fingerprint density at radius 2 is 1.89 bits per heavy atom. The van der Waals surface area contributed by atoms with Gasteiger partial charge in [0.05, 0.1) is 36.2 Å². The van der Waals surface area contributed by atoms with Gasteiger partial charge in [-0.1, -0.05) is 19.1 Å². The number of para-hydroxylation sites is 2. The molecular weight excluding hydrogens is 364 g/mol. The normalized spacial score (nSPS) is 10.7. The van der Waals surface area contributed by atoms with Crippen LogP contribution in [-0.2, 0) is 6.54 Å². The second kappa shape index (κ2) is 7.95. The molecule has 1 aromatic heterocycles. The van der Waals surface area contributed by atoms with E-state index in [9.17, 15) is 14.9 Å². The van der Waals surface area contributed by atoms with Gasteiger partial charge in [0.2, 0.25) is 5.95 Å². The van der Waals surface area contributed by atoms with Crippen molar-refractivity contribution in [3.8, 4) is 11.5 Å². The number of nitro groups is 1. The highest BCUT2D eigenvalue weighted by Gasteiger charge is 2.26. The summed E-state index contributed by atoms with van der Waals surface area (Å²) in [6, 6.07) is 9.96. The van der Waals surface area contributed by atoms with Crippen LogP contribution in [-0.4, -0.2) is 34.6 Å². The molecule has 2 aromatic carbocycles. The number of hydrogen-bond acceptors (Lipinski definition) is 6. The van der Waals surface area contributed by atoms with Crippen molar-refractivity contribution >= 4 is 28.6 Å². The Bertz CT molecular complexity index is 1040. The fourth-order valence-corrected chi connectivity index (χ4v) is 2.99. The van der Waals surface area contributed by atoms with E-state index in [1.165, 1.54) is 26.4 Å². The first kappa shape index (κ1) is 19.2. The van der Waals surface area contributed by atoms with Gasteiger partial charge in [-0.2, -0.15) is 0 Å². The number of anilines is 1. The number of ether oxygens (including phenoxy) is 2. The van der Waals surface area contributed by atoms with Crippen LogP contribution >= 0.6 is 0 Å². The number of hydrogen-bond donors (Lipinski definition) is 1. The SMILES string of the molecule is CCCn1c(NC(=O)c2cc(OC)c(OC)cc2[N+](=O)[O-])nc2ccccc21. The number of fused-ring (bicyclic) bond motifs is 1. The molecule has 0 saturated heterocycles. The predicted molar refractivity (Wildman–Crippen MR) is 104 cm³/mol. The maximum absolute atomic E-state index is 12.9. The molecule has 0 bridgehead atoms. The number of nitro benzene ring substituents is 1. The number of benzene rings is 2. The summed E-state index contributed by atoms with van der Waals surface area (Å²) in [5, 5.41) is 14.2. The summed E-state index contributed by atoms with van der Waals surface area (Å²) in [5.41, 5.74) is 1.08. The number of nitrogens with zero attached hydrogens (tertiary/aromatic N) is 3. The van der Waals surface area contributed by atoms with Crippen molar-refractivity contribution in [3.63, 3.8) is 0 Å². The molecule has 0 spiro atoms. The molecule has 1 amide bonds. The Kier molecular flexibility index (Phi) is 5.44. The number of methoxy groups -OCH3 is 2. The Balaban J connectivity index is 2.05. The minimum absolute atomic E-state index is 0.141. The van der Waals surface area contributed by atoms with Crippen LogP contribution in [0.2, 0.25) is 0 Å². The Labute approximate surface area is 161 Å². The molecule has 0 aliphatic heterocycles. The molecule has 1 heterocycles. The average molecular weight is 384 g/mol. The molecule has 0 fully saturated rings. The largest absolute Gasteiger partial charge is 0.493 e. The number of carbonyl (C=O) groups is 1. The summed E-state index contributed by atoms with van der Waals surface area (Å²) < 4.78 is 12.1. The quantitative estimate of drug-likeness (QED) is 0.492. The molecule has 1 N–H and O–H groups in total. The lowest BCUT2D eigenvalue weighted by molar-refractivity contribution is -0.385. The van der Waals surface area contributed by atoms with E-state index in [2.05, 4.69) is 10.3 Å². The Morgan fingerprint density at radius 1 is 1.21 bits per heavy atom. The van der Waals surface area contributed by atoms with E-state index in [4.69, 9.17) is 9.47 Å². The van der Waals surface area contributed by atoms with Crippen LogP contribution in [0, 0.1) is 10.1 Å². The third-order valence-corrected chi connectivity index (χ3v) is 4.27. The van der Waals surface area contributed by atoms with E-state index >= 15 is 0 Å². The fourth-order valence-electron chi connectivity index (χ4n) is 2.99. The smallest absolute Gasteiger partial charge is 0.286 e. The lowest BCUT2D eigenvalue weighted by Gasteiger charge is -2.12. The van der Waals surface area contributed by atoms with Crippen LogP contribution in [0.5, 0.6) is 11.5 Å². The highest BCUT2D eigenvalue weighted by molar-refractivity contribution is 6.07. The zero-order valence-corrected chi connectivity index (χ0v) is 15.8. The second-order valence-electron chi connectivity index (χ2n) is 6.01. The first-order valence-corrected chi connectivity index (χ1v) is 8.67. The number of rotatable bonds is 7. The molecule has 0 atom stereocenters. The van der Waals surface area contributed by atoms with Crippen LogP contribution in [0.4, 0.5) is 11.6 Å². The van der Waals surface area contributed by atoms with Gasteiger partial charge in [0, 0.05) is 12.6 Å². The summed E-state index contributed by atoms with van der Waals surface area (Å²) in [7, 11) is 2.76.